The summed E-state index contributed by atoms with van der Waals surface area (Å²) in [5.41, 5.74) is 1.47. The van der Waals surface area contributed by atoms with Crippen molar-refractivity contribution < 1.29 is 25.9 Å². The number of thiophene rings is 2. The van der Waals surface area contributed by atoms with Gasteiger partial charge in [-0.25, -0.2) is 16.8 Å². The van der Waals surface area contributed by atoms with Crippen molar-refractivity contribution in [3.05, 3.63) is 34.0 Å². The van der Waals surface area contributed by atoms with Crippen LogP contribution < -0.4 is 0 Å². The zero-order valence-electron chi connectivity index (χ0n) is 11.2. The van der Waals surface area contributed by atoms with Gasteiger partial charge in [0.2, 0.25) is 0 Å². The third-order valence-corrected chi connectivity index (χ3v) is 6.43. The molecule has 10 heteroatoms. The molecule has 0 radical (unpaired) electrons. The summed E-state index contributed by atoms with van der Waals surface area (Å²) in [6.45, 7) is 0. The van der Waals surface area contributed by atoms with Gasteiger partial charge in [-0.15, -0.1) is 22.7 Å². The van der Waals surface area contributed by atoms with Gasteiger partial charge in [-0.3, -0.25) is 0 Å². The standard InChI is InChI=1S/C12H14O6S4/c13-21(14,15)7-3-9-1-5-19-11(9)12-10(2-6-20-12)4-8-22(16,17)18/h1-2,5-6H,3-4,7-8H2,(H,13,14,15)(H,16,17,18)/p-2. The molecular formula is C12H12O6S4-2. The monoisotopic (exact) mass is 380 g/mol. The molecule has 0 spiro atoms. The van der Waals surface area contributed by atoms with E-state index in [1.54, 1.807) is 22.9 Å². The van der Waals surface area contributed by atoms with Crippen LogP contribution >= 0.6 is 22.7 Å². The van der Waals surface area contributed by atoms with Crippen molar-refractivity contribution in [2.45, 2.75) is 12.8 Å². The fourth-order valence-corrected chi connectivity index (χ4v) is 5.02. The lowest BCUT2D eigenvalue weighted by atomic mass is 10.1. The smallest absolute Gasteiger partial charge is 0.0949 e. The Kier molecular flexibility index (Phi) is 5.41. The predicted molar refractivity (Wildman–Crippen MR) is 84.2 cm³/mol. The van der Waals surface area contributed by atoms with Crippen LogP contribution in [0.1, 0.15) is 11.1 Å². The van der Waals surface area contributed by atoms with Gasteiger partial charge in [0.1, 0.15) is 0 Å². The maximum absolute atomic E-state index is 10.8. The van der Waals surface area contributed by atoms with Crippen molar-refractivity contribution in [1.29, 1.82) is 0 Å². The molecule has 0 atom stereocenters. The lowest BCUT2D eigenvalue weighted by molar-refractivity contribution is 0.460. The first kappa shape index (κ1) is 17.6. The second-order valence-corrected chi connectivity index (χ2v) is 9.45. The minimum atomic E-state index is -4.29. The van der Waals surface area contributed by atoms with Gasteiger partial charge in [-0.1, -0.05) is 0 Å². The van der Waals surface area contributed by atoms with Crippen molar-refractivity contribution in [2.75, 3.05) is 11.5 Å². The first-order valence-electron chi connectivity index (χ1n) is 6.16. The van der Waals surface area contributed by atoms with E-state index >= 15 is 0 Å². The second-order valence-electron chi connectivity index (χ2n) is 4.57. The summed E-state index contributed by atoms with van der Waals surface area (Å²) in [7, 11) is -8.58. The Labute approximate surface area is 136 Å². The predicted octanol–water partition coefficient (Wildman–Crippen LogP) is 1.65. The minimum absolute atomic E-state index is 0.113. The van der Waals surface area contributed by atoms with Gasteiger partial charge in [0, 0.05) is 21.3 Å². The highest BCUT2D eigenvalue weighted by molar-refractivity contribution is 7.85. The quantitative estimate of drug-likeness (QED) is 0.675. The molecule has 0 aliphatic rings. The lowest BCUT2D eigenvalue weighted by Gasteiger charge is -2.09. The van der Waals surface area contributed by atoms with Gasteiger partial charge in [-0.05, 0) is 46.9 Å². The zero-order chi connectivity index (χ0) is 16.4. The highest BCUT2D eigenvalue weighted by Crippen LogP contribution is 2.37. The molecule has 2 rings (SSSR count). The number of aryl methyl sites for hydroxylation is 2. The molecule has 0 fully saturated rings. The molecule has 0 bridgehead atoms. The zero-order valence-corrected chi connectivity index (χ0v) is 14.5. The molecule has 2 aromatic heterocycles. The molecule has 122 valence electrons. The molecule has 2 aromatic rings. The average Bonchev–Trinajstić information content (AvgIpc) is 3.00. The van der Waals surface area contributed by atoms with Gasteiger partial charge >= 0.3 is 0 Å². The molecule has 22 heavy (non-hydrogen) atoms. The Bertz CT molecular complexity index is 772. The molecule has 0 aromatic carbocycles. The highest BCUT2D eigenvalue weighted by atomic mass is 32.2. The maximum Gasteiger partial charge on any atom is 0.0949 e. The fraction of sp³-hybridized carbons (Fsp3) is 0.333. The third kappa shape index (κ3) is 5.14. The number of hydrogen-bond donors (Lipinski definition) is 0. The van der Waals surface area contributed by atoms with E-state index in [0.717, 1.165) is 20.9 Å². The van der Waals surface area contributed by atoms with Gasteiger partial charge < -0.3 is 9.11 Å². The Hall–Kier alpha value is -0.780. The lowest BCUT2D eigenvalue weighted by Crippen LogP contribution is -2.08. The van der Waals surface area contributed by atoms with Crippen molar-refractivity contribution in [3.8, 4) is 9.75 Å². The molecule has 0 N–H and O–H groups in total. The summed E-state index contributed by atoms with van der Waals surface area (Å²) in [6.07, 6.45) is 0.226. The van der Waals surface area contributed by atoms with E-state index in [-0.39, 0.29) is 12.8 Å². The topological polar surface area (TPSA) is 114 Å². The molecule has 0 saturated carbocycles. The molecule has 0 amide bonds. The van der Waals surface area contributed by atoms with E-state index in [2.05, 4.69) is 0 Å². The summed E-state index contributed by atoms with van der Waals surface area (Å²) in [4.78, 5) is 1.63. The Morgan fingerprint density at radius 3 is 1.45 bits per heavy atom. The normalized spacial score (nSPS) is 12.6. The molecule has 0 unspecified atom stereocenters. The van der Waals surface area contributed by atoms with E-state index in [9.17, 15) is 25.9 Å². The largest absolute Gasteiger partial charge is 0.748 e. The van der Waals surface area contributed by atoms with Crippen LogP contribution in [0.15, 0.2) is 22.9 Å². The van der Waals surface area contributed by atoms with Crippen LogP contribution in [0.5, 0.6) is 0 Å². The summed E-state index contributed by atoms with van der Waals surface area (Å²) in [5.74, 6) is -0.960. The Morgan fingerprint density at radius 1 is 0.773 bits per heavy atom. The Morgan fingerprint density at radius 2 is 1.14 bits per heavy atom. The van der Waals surface area contributed by atoms with Crippen LogP contribution in [0.4, 0.5) is 0 Å². The van der Waals surface area contributed by atoms with E-state index < -0.39 is 31.7 Å². The van der Waals surface area contributed by atoms with Crippen molar-refractivity contribution >= 4 is 42.9 Å². The minimum Gasteiger partial charge on any atom is -0.748 e. The van der Waals surface area contributed by atoms with E-state index in [4.69, 9.17) is 0 Å². The van der Waals surface area contributed by atoms with E-state index in [0.29, 0.717) is 0 Å². The van der Waals surface area contributed by atoms with Crippen molar-refractivity contribution in [3.63, 3.8) is 0 Å². The van der Waals surface area contributed by atoms with Gasteiger partial charge in [-0.2, -0.15) is 0 Å². The fourth-order valence-electron chi connectivity index (χ4n) is 1.93. The van der Waals surface area contributed by atoms with Crippen LogP contribution in [-0.2, 0) is 33.1 Å². The van der Waals surface area contributed by atoms with Crippen LogP contribution in [0.3, 0.4) is 0 Å². The summed E-state index contributed by atoms with van der Waals surface area (Å²) >= 11 is 2.78. The van der Waals surface area contributed by atoms with Gasteiger partial charge in [0.25, 0.3) is 0 Å². The molecule has 0 aliphatic carbocycles. The van der Waals surface area contributed by atoms with Crippen LogP contribution in [0.25, 0.3) is 9.75 Å². The van der Waals surface area contributed by atoms with E-state index in [1.165, 1.54) is 22.7 Å². The third-order valence-electron chi connectivity index (χ3n) is 2.94. The van der Waals surface area contributed by atoms with Crippen LogP contribution in [-0.4, -0.2) is 37.4 Å². The number of rotatable bonds is 7. The van der Waals surface area contributed by atoms with Crippen LogP contribution in [0, 0.1) is 0 Å². The first-order valence-corrected chi connectivity index (χ1v) is 11.1. The molecular weight excluding hydrogens is 368 g/mol. The van der Waals surface area contributed by atoms with E-state index in [1.807, 2.05) is 0 Å². The highest BCUT2D eigenvalue weighted by Gasteiger charge is 2.14. The molecule has 6 nitrogen and oxygen atoms in total. The molecule has 0 aliphatic heterocycles. The summed E-state index contributed by atoms with van der Waals surface area (Å²) in [5, 5.41) is 3.58. The SMILES string of the molecule is O=S(=O)([O-])CCc1ccsc1-c1sccc1CCS(=O)(=O)[O-]. The first-order chi connectivity index (χ1) is 10.2. The number of hydrogen-bond acceptors (Lipinski definition) is 8. The Balaban J connectivity index is 2.23. The van der Waals surface area contributed by atoms with Gasteiger partial charge in [0.15, 0.2) is 0 Å². The van der Waals surface area contributed by atoms with Crippen molar-refractivity contribution in [1.82, 2.24) is 0 Å². The summed E-state index contributed by atoms with van der Waals surface area (Å²) in [6, 6.07) is 3.50. The van der Waals surface area contributed by atoms with Crippen molar-refractivity contribution in [2.24, 2.45) is 0 Å². The van der Waals surface area contributed by atoms with Crippen LogP contribution in [0.2, 0.25) is 0 Å². The molecule has 0 saturated heterocycles. The molecule has 2 heterocycles. The van der Waals surface area contributed by atoms with Gasteiger partial charge in [0.05, 0.1) is 20.2 Å². The average molecular weight is 380 g/mol. The maximum atomic E-state index is 10.8. The second kappa shape index (κ2) is 6.77. The summed E-state index contributed by atoms with van der Waals surface area (Å²) < 4.78 is 64.5.